The van der Waals surface area contributed by atoms with Gasteiger partial charge in [0.25, 0.3) is 11.7 Å². The summed E-state index contributed by atoms with van der Waals surface area (Å²) in [5, 5.41) is 8.52. The van der Waals surface area contributed by atoms with Gasteiger partial charge in [0, 0.05) is 0 Å². The van der Waals surface area contributed by atoms with Gasteiger partial charge in [0.1, 0.15) is 5.56 Å². The summed E-state index contributed by atoms with van der Waals surface area (Å²) in [6, 6.07) is 0. The molecule has 0 atom stereocenters. The molecule has 1 heterocycles. The van der Waals surface area contributed by atoms with Gasteiger partial charge in [-0.1, -0.05) is 11.6 Å². The standard InChI is InChI=1S/C7H2Cl2F2N2O3/c8-4-2(5(9)14)1-12-7(13(15)16)3(4)6(10)11/h1,6H. The van der Waals surface area contributed by atoms with E-state index in [-0.39, 0.29) is 0 Å². The third-order valence-electron chi connectivity index (χ3n) is 1.63. The number of halogens is 4. The Bertz CT molecular complexity index is 467. The van der Waals surface area contributed by atoms with Crippen molar-refractivity contribution >= 4 is 34.3 Å². The fourth-order valence-corrected chi connectivity index (χ4v) is 1.46. The van der Waals surface area contributed by atoms with Gasteiger partial charge in [0.2, 0.25) is 0 Å². The zero-order valence-electron chi connectivity index (χ0n) is 7.29. The van der Waals surface area contributed by atoms with Crippen LogP contribution in [0.3, 0.4) is 0 Å². The van der Waals surface area contributed by atoms with E-state index in [9.17, 15) is 23.7 Å². The lowest BCUT2D eigenvalue weighted by atomic mass is 10.2. The molecular formula is C7H2Cl2F2N2O3. The molecule has 0 aromatic carbocycles. The third kappa shape index (κ3) is 2.25. The number of alkyl halides is 2. The lowest BCUT2D eigenvalue weighted by Gasteiger charge is -2.05. The van der Waals surface area contributed by atoms with Crippen LogP contribution in [0.1, 0.15) is 22.3 Å². The Morgan fingerprint density at radius 1 is 1.56 bits per heavy atom. The van der Waals surface area contributed by atoms with Crippen molar-refractivity contribution in [1.29, 1.82) is 0 Å². The molecule has 5 nitrogen and oxygen atoms in total. The fraction of sp³-hybridized carbons (Fsp3) is 0.143. The Labute approximate surface area is 97.1 Å². The quantitative estimate of drug-likeness (QED) is 0.481. The van der Waals surface area contributed by atoms with E-state index < -0.39 is 38.6 Å². The van der Waals surface area contributed by atoms with Crippen LogP contribution in [-0.4, -0.2) is 15.1 Å². The molecule has 9 heteroatoms. The van der Waals surface area contributed by atoms with Crippen LogP contribution in [0.4, 0.5) is 14.6 Å². The third-order valence-corrected chi connectivity index (χ3v) is 2.24. The molecule has 1 aromatic heterocycles. The Kier molecular flexibility index (Phi) is 3.71. The second kappa shape index (κ2) is 4.67. The summed E-state index contributed by atoms with van der Waals surface area (Å²) in [5.41, 5.74) is -1.61. The van der Waals surface area contributed by atoms with E-state index in [4.69, 9.17) is 23.2 Å². The maximum absolute atomic E-state index is 12.5. The molecule has 1 rings (SSSR count). The second-order valence-electron chi connectivity index (χ2n) is 2.55. The number of rotatable bonds is 3. The van der Waals surface area contributed by atoms with Crippen molar-refractivity contribution in [3.8, 4) is 0 Å². The van der Waals surface area contributed by atoms with E-state index in [1.54, 1.807) is 0 Å². The highest BCUT2D eigenvalue weighted by Crippen LogP contribution is 2.35. The zero-order valence-corrected chi connectivity index (χ0v) is 8.80. The van der Waals surface area contributed by atoms with Gasteiger partial charge in [-0.3, -0.25) is 4.79 Å². The summed E-state index contributed by atoms with van der Waals surface area (Å²) >= 11 is 10.5. The fourth-order valence-electron chi connectivity index (χ4n) is 0.971. The smallest absolute Gasteiger partial charge is 0.358 e. The lowest BCUT2D eigenvalue weighted by Crippen LogP contribution is -2.04. The molecule has 0 aliphatic carbocycles. The van der Waals surface area contributed by atoms with Crippen molar-refractivity contribution in [1.82, 2.24) is 4.98 Å². The largest absolute Gasteiger partial charge is 0.373 e. The summed E-state index contributed by atoms with van der Waals surface area (Å²) in [6.07, 6.45) is -2.54. The molecule has 0 saturated heterocycles. The molecule has 0 fully saturated rings. The summed E-state index contributed by atoms with van der Waals surface area (Å²) in [5.74, 6) is -1.10. The molecule has 0 saturated carbocycles. The van der Waals surface area contributed by atoms with Crippen molar-refractivity contribution in [2.24, 2.45) is 0 Å². The summed E-state index contributed by atoms with van der Waals surface area (Å²) in [7, 11) is 0. The Hall–Kier alpha value is -1.34. The number of hydrogen-bond acceptors (Lipinski definition) is 4. The van der Waals surface area contributed by atoms with Gasteiger partial charge < -0.3 is 10.1 Å². The number of nitrogens with zero attached hydrogens (tertiary/aromatic N) is 2. The molecular weight excluding hydrogens is 269 g/mol. The second-order valence-corrected chi connectivity index (χ2v) is 3.28. The van der Waals surface area contributed by atoms with E-state index in [0.29, 0.717) is 6.20 Å². The van der Waals surface area contributed by atoms with Crippen molar-refractivity contribution in [2.45, 2.75) is 6.43 Å². The van der Waals surface area contributed by atoms with Gasteiger partial charge in [0.15, 0.2) is 6.20 Å². The van der Waals surface area contributed by atoms with E-state index in [0.717, 1.165) is 0 Å². The zero-order chi connectivity index (χ0) is 12.5. The van der Waals surface area contributed by atoms with E-state index >= 15 is 0 Å². The van der Waals surface area contributed by atoms with E-state index in [1.807, 2.05) is 0 Å². The SMILES string of the molecule is O=C(Cl)c1cnc([N+](=O)[O-])c(C(F)F)c1Cl. The number of aromatic nitrogens is 1. The van der Waals surface area contributed by atoms with Gasteiger partial charge in [-0.25, -0.2) is 8.78 Å². The molecule has 86 valence electrons. The summed E-state index contributed by atoms with van der Waals surface area (Å²) in [6.45, 7) is 0. The minimum atomic E-state index is -3.23. The predicted molar refractivity (Wildman–Crippen MR) is 51.0 cm³/mol. The lowest BCUT2D eigenvalue weighted by molar-refractivity contribution is -0.391. The topological polar surface area (TPSA) is 73.1 Å². The molecule has 0 amide bonds. The minimum Gasteiger partial charge on any atom is -0.358 e. The van der Waals surface area contributed by atoms with Crippen molar-refractivity contribution in [3.63, 3.8) is 0 Å². The first-order valence-electron chi connectivity index (χ1n) is 3.67. The normalized spacial score (nSPS) is 10.6. The first-order valence-corrected chi connectivity index (χ1v) is 4.42. The average Bonchev–Trinajstić information content (AvgIpc) is 2.15. The number of pyridine rings is 1. The molecule has 0 unspecified atom stereocenters. The molecule has 0 aliphatic heterocycles. The van der Waals surface area contributed by atoms with Gasteiger partial charge in [-0.05, 0) is 21.5 Å². The molecule has 0 radical (unpaired) electrons. The van der Waals surface area contributed by atoms with Gasteiger partial charge in [0.05, 0.1) is 10.6 Å². The van der Waals surface area contributed by atoms with E-state index in [1.165, 1.54) is 0 Å². The van der Waals surface area contributed by atoms with Crippen LogP contribution in [0.25, 0.3) is 0 Å². The monoisotopic (exact) mass is 270 g/mol. The number of carbonyl (C=O) groups is 1. The van der Waals surface area contributed by atoms with Crippen LogP contribution in [0, 0.1) is 10.1 Å². The van der Waals surface area contributed by atoms with Crippen LogP contribution in [0.2, 0.25) is 5.02 Å². The summed E-state index contributed by atoms with van der Waals surface area (Å²) in [4.78, 5) is 23.1. The maximum Gasteiger partial charge on any atom is 0.373 e. The Balaban J connectivity index is 3.54. The highest BCUT2D eigenvalue weighted by atomic mass is 35.5. The van der Waals surface area contributed by atoms with Crippen LogP contribution >= 0.6 is 23.2 Å². The van der Waals surface area contributed by atoms with Crippen LogP contribution < -0.4 is 0 Å². The number of carbonyl (C=O) groups excluding carboxylic acids is 1. The predicted octanol–water partition coefficient (Wildman–Crippen LogP) is 2.96. The minimum absolute atomic E-state index is 0.496. The Morgan fingerprint density at radius 2 is 2.12 bits per heavy atom. The number of nitro groups is 1. The van der Waals surface area contributed by atoms with Gasteiger partial charge in [-0.2, -0.15) is 0 Å². The van der Waals surface area contributed by atoms with Gasteiger partial charge >= 0.3 is 5.82 Å². The average molecular weight is 271 g/mol. The molecule has 1 aromatic rings. The first-order chi connectivity index (χ1) is 7.36. The van der Waals surface area contributed by atoms with Crippen LogP contribution in [0.15, 0.2) is 6.20 Å². The van der Waals surface area contributed by atoms with Crippen molar-refractivity contribution < 1.29 is 18.5 Å². The van der Waals surface area contributed by atoms with Crippen molar-refractivity contribution in [3.05, 3.63) is 32.5 Å². The Morgan fingerprint density at radius 3 is 2.50 bits per heavy atom. The van der Waals surface area contributed by atoms with Gasteiger partial charge in [-0.15, -0.1) is 0 Å². The highest BCUT2D eigenvalue weighted by Gasteiger charge is 2.30. The highest BCUT2D eigenvalue weighted by molar-refractivity contribution is 6.68. The summed E-state index contributed by atoms with van der Waals surface area (Å²) < 4.78 is 25.0. The molecule has 16 heavy (non-hydrogen) atoms. The van der Waals surface area contributed by atoms with Crippen LogP contribution in [0.5, 0.6) is 0 Å². The number of hydrogen-bond donors (Lipinski definition) is 0. The van der Waals surface area contributed by atoms with E-state index in [2.05, 4.69) is 4.98 Å². The molecule has 0 aliphatic rings. The molecule has 0 bridgehead atoms. The van der Waals surface area contributed by atoms with Crippen LogP contribution in [-0.2, 0) is 0 Å². The molecule has 0 N–H and O–H groups in total. The maximum atomic E-state index is 12.5. The first kappa shape index (κ1) is 12.7. The van der Waals surface area contributed by atoms with Crippen molar-refractivity contribution in [2.75, 3.05) is 0 Å². The molecule has 0 spiro atoms.